The molecule has 1 unspecified atom stereocenters. The van der Waals surface area contributed by atoms with Crippen molar-refractivity contribution in [3.8, 4) is 5.75 Å². The average molecular weight is 307 g/mol. The lowest BCUT2D eigenvalue weighted by Crippen LogP contribution is -2.11. The largest absolute Gasteiger partial charge is 0.491 e. The van der Waals surface area contributed by atoms with Crippen LogP contribution in [0.25, 0.3) is 21.7 Å². The van der Waals surface area contributed by atoms with Gasteiger partial charge in [0.15, 0.2) is 0 Å². The summed E-state index contributed by atoms with van der Waals surface area (Å²) in [4.78, 5) is 4.63. The van der Waals surface area contributed by atoms with Crippen molar-refractivity contribution in [2.45, 2.75) is 52.6 Å². The summed E-state index contributed by atoms with van der Waals surface area (Å²) in [6, 6.07) is 12.6. The van der Waals surface area contributed by atoms with Gasteiger partial charge >= 0.3 is 0 Å². The molecule has 120 valence electrons. The number of nitrogens with zero attached hydrogens (tertiary/aromatic N) is 1. The maximum Gasteiger partial charge on any atom is 0.122 e. The maximum absolute atomic E-state index is 6.12. The van der Waals surface area contributed by atoms with Gasteiger partial charge in [0, 0.05) is 23.0 Å². The van der Waals surface area contributed by atoms with E-state index in [9.17, 15) is 0 Å². The van der Waals surface area contributed by atoms with E-state index < -0.39 is 0 Å². The molecular formula is C21H25NO. The molecule has 0 saturated heterocycles. The zero-order chi connectivity index (χ0) is 16.2. The summed E-state index contributed by atoms with van der Waals surface area (Å²) in [5.41, 5.74) is 2.24. The van der Waals surface area contributed by atoms with E-state index in [0.29, 0.717) is 0 Å². The summed E-state index contributed by atoms with van der Waals surface area (Å²) < 4.78 is 6.12. The Morgan fingerprint density at radius 1 is 1.13 bits per heavy atom. The van der Waals surface area contributed by atoms with Crippen molar-refractivity contribution in [1.82, 2.24) is 4.98 Å². The van der Waals surface area contributed by atoms with Gasteiger partial charge in [-0.15, -0.1) is 0 Å². The molecule has 0 fully saturated rings. The zero-order valence-electron chi connectivity index (χ0n) is 14.3. The first-order valence-corrected chi connectivity index (χ1v) is 8.64. The predicted octanol–water partition coefficient (Wildman–Crippen LogP) is 6.04. The molecule has 0 radical (unpaired) electrons. The highest BCUT2D eigenvalue weighted by molar-refractivity contribution is 6.07. The lowest BCUT2D eigenvalue weighted by molar-refractivity contribution is 0.207. The summed E-state index contributed by atoms with van der Waals surface area (Å²) in [6.07, 6.45) is 7.06. The quantitative estimate of drug-likeness (QED) is 0.409. The monoisotopic (exact) mass is 307 g/mol. The Bertz CT molecular complexity index is 809. The minimum Gasteiger partial charge on any atom is -0.491 e. The topological polar surface area (TPSA) is 22.1 Å². The van der Waals surface area contributed by atoms with Gasteiger partial charge in [0.25, 0.3) is 0 Å². The zero-order valence-corrected chi connectivity index (χ0v) is 14.3. The molecule has 2 aromatic carbocycles. The third-order valence-electron chi connectivity index (χ3n) is 4.41. The van der Waals surface area contributed by atoms with Crippen molar-refractivity contribution in [3.63, 3.8) is 0 Å². The molecule has 1 aromatic heterocycles. The van der Waals surface area contributed by atoms with Gasteiger partial charge in [-0.05, 0) is 43.7 Å². The van der Waals surface area contributed by atoms with Crippen LogP contribution in [-0.4, -0.2) is 11.1 Å². The highest BCUT2D eigenvalue weighted by Gasteiger charge is 2.09. The minimum atomic E-state index is 0.249. The standard InChI is InChI=1S/C21H25NO/c1-4-5-6-9-16(3)23-18-12-15(2)21-19-11-8-7-10-17(19)14-22-20(21)13-18/h7-8,10-14,16H,4-6,9H2,1-3H3. The molecular weight excluding hydrogens is 282 g/mol. The highest BCUT2D eigenvalue weighted by atomic mass is 16.5. The number of rotatable bonds is 6. The molecule has 0 N–H and O–H groups in total. The number of hydrogen-bond acceptors (Lipinski definition) is 2. The predicted molar refractivity (Wildman–Crippen MR) is 98.2 cm³/mol. The summed E-state index contributed by atoms with van der Waals surface area (Å²) in [5, 5.41) is 3.68. The van der Waals surface area contributed by atoms with Crippen LogP contribution in [-0.2, 0) is 0 Å². The maximum atomic E-state index is 6.12. The minimum absolute atomic E-state index is 0.249. The van der Waals surface area contributed by atoms with Crippen molar-refractivity contribution in [1.29, 1.82) is 0 Å². The van der Waals surface area contributed by atoms with E-state index in [1.165, 1.54) is 41.0 Å². The van der Waals surface area contributed by atoms with Gasteiger partial charge in [-0.25, -0.2) is 0 Å². The second-order valence-electron chi connectivity index (χ2n) is 6.40. The lowest BCUT2D eigenvalue weighted by atomic mass is 10.0. The smallest absolute Gasteiger partial charge is 0.122 e. The summed E-state index contributed by atoms with van der Waals surface area (Å²) in [7, 11) is 0. The van der Waals surface area contributed by atoms with Gasteiger partial charge in [-0.1, -0.05) is 44.0 Å². The molecule has 0 spiro atoms. The Balaban J connectivity index is 1.91. The number of aromatic nitrogens is 1. The molecule has 3 rings (SSSR count). The molecule has 3 aromatic rings. The molecule has 0 aliphatic heterocycles. The first-order chi connectivity index (χ1) is 11.2. The van der Waals surface area contributed by atoms with Crippen LogP contribution in [0.15, 0.2) is 42.6 Å². The molecule has 2 heteroatoms. The van der Waals surface area contributed by atoms with Crippen LogP contribution in [0.3, 0.4) is 0 Å². The summed E-state index contributed by atoms with van der Waals surface area (Å²) >= 11 is 0. The van der Waals surface area contributed by atoms with Crippen molar-refractivity contribution in [3.05, 3.63) is 48.2 Å². The number of aryl methyl sites for hydroxylation is 1. The number of pyridine rings is 1. The molecule has 23 heavy (non-hydrogen) atoms. The summed E-state index contributed by atoms with van der Waals surface area (Å²) in [6.45, 7) is 6.53. The fourth-order valence-electron chi connectivity index (χ4n) is 3.21. The van der Waals surface area contributed by atoms with Crippen molar-refractivity contribution in [2.75, 3.05) is 0 Å². The van der Waals surface area contributed by atoms with E-state index in [4.69, 9.17) is 4.74 Å². The summed E-state index contributed by atoms with van der Waals surface area (Å²) in [5.74, 6) is 0.932. The third-order valence-corrected chi connectivity index (χ3v) is 4.41. The molecule has 0 aliphatic carbocycles. The first-order valence-electron chi connectivity index (χ1n) is 8.64. The lowest BCUT2D eigenvalue weighted by Gasteiger charge is -2.16. The van der Waals surface area contributed by atoms with E-state index in [-0.39, 0.29) is 6.10 Å². The molecule has 1 heterocycles. The van der Waals surface area contributed by atoms with Gasteiger partial charge in [-0.3, -0.25) is 4.98 Å². The Labute approximate surface area is 138 Å². The van der Waals surface area contributed by atoms with E-state index in [2.05, 4.69) is 62.2 Å². The molecule has 2 nitrogen and oxygen atoms in total. The second kappa shape index (κ2) is 6.99. The molecule has 1 atom stereocenters. The Hall–Kier alpha value is -2.09. The number of benzene rings is 2. The van der Waals surface area contributed by atoms with Gasteiger partial charge in [0.2, 0.25) is 0 Å². The number of unbranched alkanes of at least 4 members (excludes halogenated alkanes) is 2. The SMILES string of the molecule is CCCCCC(C)Oc1cc(C)c2c(c1)ncc1ccccc12. The van der Waals surface area contributed by atoms with E-state index in [1.807, 2.05) is 6.20 Å². The van der Waals surface area contributed by atoms with E-state index in [0.717, 1.165) is 17.7 Å². The number of hydrogen-bond donors (Lipinski definition) is 0. The Morgan fingerprint density at radius 3 is 2.78 bits per heavy atom. The van der Waals surface area contributed by atoms with Crippen LogP contribution in [0.4, 0.5) is 0 Å². The van der Waals surface area contributed by atoms with Crippen molar-refractivity contribution < 1.29 is 4.74 Å². The van der Waals surface area contributed by atoms with Crippen LogP contribution >= 0.6 is 0 Å². The number of fused-ring (bicyclic) bond motifs is 3. The molecule has 0 aliphatic rings. The Morgan fingerprint density at radius 2 is 1.96 bits per heavy atom. The molecule has 0 amide bonds. The van der Waals surface area contributed by atoms with Crippen LogP contribution in [0, 0.1) is 6.92 Å². The second-order valence-corrected chi connectivity index (χ2v) is 6.40. The first kappa shape index (κ1) is 15.8. The van der Waals surface area contributed by atoms with Crippen LogP contribution in [0.5, 0.6) is 5.75 Å². The van der Waals surface area contributed by atoms with Crippen molar-refractivity contribution in [2.24, 2.45) is 0 Å². The fraction of sp³-hybridized carbons (Fsp3) is 0.381. The Kier molecular flexibility index (Phi) is 4.80. The highest BCUT2D eigenvalue weighted by Crippen LogP contribution is 2.30. The van der Waals surface area contributed by atoms with Crippen LogP contribution in [0.2, 0.25) is 0 Å². The van der Waals surface area contributed by atoms with E-state index >= 15 is 0 Å². The van der Waals surface area contributed by atoms with Gasteiger partial charge in [-0.2, -0.15) is 0 Å². The number of ether oxygens (including phenoxy) is 1. The van der Waals surface area contributed by atoms with Gasteiger partial charge < -0.3 is 4.74 Å². The van der Waals surface area contributed by atoms with Crippen molar-refractivity contribution >= 4 is 21.7 Å². The normalized spacial score (nSPS) is 12.7. The molecule has 0 saturated carbocycles. The van der Waals surface area contributed by atoms with Crippen LogP contribution in [0.1, 0.15) is 45.1 Å². The van der Waals surface area contributed by atoms with Gasteiger partial charge in [0.1, 0.15) is 5.75 Å². The average Bonchev–Trinajstić information content (AvgIpc) is 2.54. The fourth-order valence-corrected chi connectivity index (χ4v) is 3.21. The van der Waals surface area contributed by atoms with Gasteiger partial charge in [0.05, 0.1) is 11.6 Å². The van der Waals surface area contributed by atoms with E-state index in [1.54, 1.807) is 0 Å². The third kappa shape index (κ3) is 3.47. The van der Waals surface area contributed by atoms with Crippen LogP contribution < -0.4 is 4.74 Å². The molecule has 0 bridgehead atoms.